The number of urea groups is 1. The minimum atomic E-state index is -0.977. The molecule has 2 aliphatic heterocycles. The molecule has 1 N–H and O–H groups in total. The Hall–Kier alpha value is -2.45. The van der Waals surface area contributed by atoms with Crippen molar-refractivity contribution < 1.29 is 19.2 Å². The molecule has 0 radical (unpaired) electrons. The van der Waals surface area contributed by atoms with Crippen LogP contribution in [-0.2, 0) is 14.4 Å². The molecule has 1 aromatic carbocycles. The first-order chi connectivity index (χ1) is 11.9. The summed E-state index contributed by atoms with van der Waals surface area (Å²) in [5.74, 6) is -2.30. The zero-order valence-corrected chi connectivity index (χ0v) is 14.3. The van der Waals surface area contributed by atoms with Gasteiger partial charge in [0.25, 0.3) is 0 Å². The fourth-order valence-electron chi connectivity index (χ4n) is 2.99. The number of hydrogen-bond acceptors (Lipinski definition) is 5. The Morgan fingerprint density at radius 3 is 2.68 bits per heavy atom. The first-order valence-corrected chi connectivity index (χ1v) is 8.17. The first-order valence-electron chi connectivity index (χ1n) is 7.79. The summed E-state index contributed by atoms with van der Waals surface area (Å²) in [5, 5.41) is 3.78. The van der Waals surface area contributed by atoms with Crippen LogP contribution in [0.2, 0.25) is 5.02 Å². The maximum atomic E-state index is 12.7. The largest absolute Gasteiger partial charge is 0.334 e. The molecule has 2 aliphatic rings. The molecule has 1 aromatic rings. The molecule has 5 amide bonds. The van der Waals surface area contributed by atoms with Crippen LogP contribution in [0.5, 0.6) is 0 Å². The van der Waals surface area contributed by atoms with Crippen LogP contribution in [0.1, 0.15) is 11.6 Å². The third-order valence-electron chi connectivity index (χ3n) is 4.34. The summed E-state index contributed by atoms with van der Waals surface area (Å²) in [6.07, 6.45) is 0. The third-order valence-corrected chi connectivity index (χ3v) is 4.58. The van der Waals surface area contributed by atoms with Gasteiger partial charge in [-0.15, -0.1) is 0 Å². The monoisotopic (exact) mass is 364 g/mol. The molecule has 0 aromatic heterocycles. The van der Waals surface area contributed by atoms with Crippen molar-refractivity contribution in [1.82, 2.24) is 20.0 Å². The lowest BCUT2D eigenvalue weighted by atomic mass is 10.0. The first kappa shape index (κ1) is 17.4. The molecule has 2 fully saturated rings. The smallest absolute Gasteiger partial charge is 0.332 e. The zero-order valence-electron chi connectivity index (χ0n) is 13.6. The predicted octanol–water partition coefficient (Wildman–Crippen LogP) is 0.234. The highest BCUT2D eigenvalue weighted by Gasteiger charge is 2.44. The molecular weight excluding hydrogens is 348 g/mol. The minimum absolute atomic E-state index is 0.263. The Morgan fingerprint density at radius 1 is 1.28 bits per heavy atom. The number of hydrogen-bond donors (Lipinski definition) is 1. The van der Waals surface area contributed by atoms with Crippen molar-refractivity contribution in [2.75, 3.05) is 33.2 Å². The van der Waals surface area contributed by atoms with E-state index in [0.717, 1.165) is 5.56 Å². The average Bonchev–Trinajstić information content (AvgIpc) is 2.79. The zero-order chi connectivity index (χ0) is 18.1. The van der Waals surface area contributed by atoms with E-state index in [0.29, 0.717) is 34.5 Å². The van der Waals surface area contributed by atoms with Gasteiger partial charge in [-0.1, -0.05) is 23.7 Å². The van der Waals surface area contributed by atoms with Gasteiger partial charge in [0, 0.05) is 31.7 Å². The molecular formula is C16H17ClN4O4. The molecule has 2 heterocycles. The molecule has 1 atom stereocenters. The molecule has 9 heteroatoms. The molecule has 8 nitrogen and oxygen atoms in total. The van der Waals surface area contributed by atoms with Crippen LogP contribution in [0.3, 0.4) is 0 Å². The van der Waals surface area contributed by atoms with Crippen molar-refractivity contribution in [2.45, 2.75) is 6.04 Å². The standard InChI is InChI=1S/C16H17ClN4O4/c1-19-14(23)15(24)21(16(19)25)9-13(22)20-6-5-18-8-12(20)10-3-2-4-11(17)7-10/h2-4,7,12,18H,5-6,8-9H2,1H3. The van der Waals surface area contributed by atoms with Gasteiger partial charge in [-0.05, 0) is 17.7 Å². The number of piperazine rings is 1. The van der Waals surface area contributed by atoms with E-state index in [1.807, 2.05) is 6.07 Å². The van der Waals surface area contributed by atoms with Crippen molar-refractivity contribution in [1.29, 1.82) is 0 Å². The van der Waals surface area contributed by atoms with Crippen LogP contribution >= 0.6 is 11.6 Å². The topological polar surface area (TPSA) is 90.0 Å². The van der Waals surface area contributed by atoms with Gasteiger partial charge < -0.3 is 10.2 Å². The number of amides is 5. The molecule has 1 unspecified atom stereocenters. The Morgan fingerprint density at radius 2 is 2.04 bits per heavy atom. The lowest BCUT2D eigenvalue weighted by Gasteiger charge is -2.37. The van der Waals surface area contributed by atoms with E-state index in [9.17, 15) is 19.2 Å². The molecule has 2 saturated heterocycles. The van der Waals surface area contributed by atoms with E-state index in [4.69, 9.17) is 11.6 Å². The van der Waals surface area contributed by atoms with E-state index in [1.165, 1.54) is 7.05 Å². The SMILES string of the molecule is CN1C(=O)C(=O)N(CC(=O)N2CCNCC2c2cccc(Cl)c2)C1=O. The molecule has 0 aliphatic carbocycles. The van der Waals surface area contributed by atoms with E-state index in [2.05, 4.69) is 5.32 Å². The third kappa shape index (κ3) is 3.22. The van der Waals surface area contributed by atoms with E-state index < -0.39 is 30.3 Å². The molecule has 0 spiro atoms. The number of imide groups is 2. The van der Waals surface area contributed by atoms with Gasteiger partial charge in [0.1, 0.15) is 6.54 Å². The van der Waals surface area contributed by atoms with E-state index >= 15 is 0 Å². The second-order valence-electron chi connectivity index (χ2n) is 5.90. The van der Waals surface area contributed by atoms with Gasteiger partial charge in [-0.3, -0.25) is 19.3 Å². The summed E-state index contributed by atoms with van der Waals surface area (Å²) < 4.78 is 0. The molecule has 0 saturated carbocycles. The van der Waals surface area contributed by atoms with Gasteiger partial charge in [0.2, 0.25) is 5.91 Å². The summed E-state index contributed by atoms with van der Waals surface area (Å²) in [6.45, 7) is 1.11. The summed E-state index contributed by atoms with van der Waals surface area (Å²) in [7, 11) is 1.21. The Balaban J connectivity index is 1.79. The number of nitrogens with zero attached hydrogens (tertiary/aromatic N) is 3. The van der Waals surface area contributed by atoms with Crippen LogP contribution in [-0.4, -0.2) is 71.7 Å². The van der Waals surface area contributed by atoms with Crippen LogP contribution in [0.15, 0.2) is 24.3 Å². The molecule has 132 valence electrons. The number of likely N-dealkylation sites (N-methyl/N-ethyl adjacent to an activating group) is 1. The summed E-state index contributed by atoms with van der Waals surface area (Å²) in [6, 6.07) is 6.15. The van der Waals surface area contributed by atoms with Crippen molar-refractivity contribution in [3.05, 3.63) is 34.9 Å². The number of benzene rings is 1. The lowest BCUT2D eigenvalue weighted by molar-refractivity contribution is -0.145. The van der Waals surface area contributed by atoms with E-state index in [1.54, 1.807) is 23.1 Å². The number of rotatable bonds is 3. The quantitative estimate of drug-likeness (QED) is 0.612. The van der Waals surface area contributed by atoms with Gasteiger partial charge in [0.05, 0.1) is 6.04 Å². The molecule has 0 bridgehead atoms. The maximum Gasteiger partial charge on any atom is 0.334 e. The maximum absolute atomic E-state index is 12.7. The summed E-state index contributed by atoms with van der Waals surface area (Å²) in [4.78, 5) is 51.1. The van der Waals surface area contributed by atoms with Crippen LogP contribution in [0.4, 0.5) is 4.79 Å². The van der Waals surface area contributed by atoms with Crippen LogP contribution in [0, 0.1) is 0 Å². The second kappa shape index (κ2) is 6.81. The van der Waals surface area contributed by atoms with Gasteiger partial charge in [-0.2, -0.15) is 0 Å². The average molecular weight is 365 g/mol. The number of carbonyl (C=O) groups excluding carboxylic acids is 4. The minimum Gasteiger partial charge on any atom is -0.332 e. The van der Waals surface area contributed by atoms with Gasteiger partial charge in [0.15, 0.2) is 0 Å². The number of halogens is 1. The Kier molecular flexibility index (Phi) is 4.73. The highest BCUT2D eigenvalue weighted by Crippen LogP contribution is 2.25. The summed E-state index contributed by atoms with van der Waals surface area (Å²) >= 11 is 6.03. The lowest BCUT2D eigenvalue weighted by Crippen LogP contribution is -2.52. The highest BCUT2D eigenvalue weighted by molar-refractivity contribution is 6.44. The van der Waals surface area contributed by atoms with Crippen molar-refractivity contribution in [3.63, 3.8) is 0 Å². The van der Waals surface area contributed by atoms with Gasteiger partial charge >= 0.3 is 17.8 Å². The van der Waals surface area contributed by atoms with Gasteiger partial charge in [-0.25, -0.2) is 9.69 Å². The Bertz CT molecular complexity index is 753. The Labute approximate surface area is 149 Å². The van der Waals surface area contributed by atoms with Crippen LogP contribution in [0.25, 0.3) is 0 Å². The van der Waals surface area contributed by atoms with Crippen molar-refractivity contribution in [3.8, 4) is 0 Å². The second-order valence-corrected chi connectivity index (χ2v) is 6.34. The van der Waals surface area contributed by atoms with E-state index in [-0.39, 0.29) is 6.04 Å². The number of carbonyl (C=O) groups is 4. The molecule has 3 rings (SSSR count). The predicted molar refractivity (Wildman–Crippen MR) is 88.7 cm³/mol. The summed E-state index contributed by atoms with van der Waals surface area (Å²) in [5.41, 5.74) is 0.861. The normalized spacial score (nSPS) is 21.3. The fraction of sp³-hybridized carbons (Fsp3) is 0.375. The molecule has 25 heavy (non-hydrogen) atoms. The van der Waals surface area contributed by atoms with Crippen molar-refractivity contribution >= 4 is 35.4 Å². The fourth-order valence-corrected chi connectivity index (χ4v) is 3.19. The van der Waals surface area contributed by atoms with Crippen LogP contribution < -0.4 is 5.32 Å². The highest BCUT2D eigenvalue weighted by atomic mass is 35.5. The number of nitrogens with one attached hydrogen (secondary N) is 1. The van der Waals surface area contributed by atoms with Crippen molar-refractivity contribution in [2.24, 2.45) is 0 Å².